The van der Waals surface area contributed by atoms with Gasteiger partial charge in [-0.15, -0.1) is 0 Å². The molecule has 0 spiro atoms. The van der Waals surface area contributed by atoms with E-state index in [1.165, 1.54) is 6.07 Å². The van der Waals surface area contributed by atoms with Gasteiger partial charge >= 0.3 is 0 Å². The molecule has 0 atom stereocenters. The fourth-order valence-corrected chi connectivity index (χ4v) is 2.58. The summed E-state index contributed by atoms with van der Waals surface area (Å²) in [6, 6.07) is 11.8. The molecule has 3 rings (SSSR count). The van der Waals surface area contributed by atoms with Crippen LogP contribution >= 0.6 is 0 Å². The van der Waals surface area contributed by atoms with E-state index in [0.29, 0.717) is 23.3 Å². The van der Waals surface area contributed by atoms with E-state index in [-0.39, 0.29) is 23.1 Å². The molecule has 5 heteroatoms. The quantitative estimate of drug-likeness (QED) is 0.733. The van der Waals surface area contributed by atoms with Crippen LogP contribution in [0.3, 0.4) is 0 Å². The van der Waals surface area contributed by atoms with Crippen LogP contribution in [0.25, 0.3) is 11.0 Å². The zero-order valence-electron chi connectivity index (χ0n) is 13.9. The predicted molar refractivity (Wildman–Crippen MR) is 90.9 cm³/mol. The van der Waals surface area contributed by atoms with Crippen LogP contribution in [0.4, 0.5) is 0 Å². The van der Waals surface area contributed by atoms with Crippen LogP contribution in [0.2, 0.25) is 0 Å². The van der Waals surface area contributed by atoms with E-state index >= 15 is 0 Å². The number of hydrogen-bond acceptors (Lipinski definition) is 4. The van der Waals surface area contributed by atoms with Gasteiger partial charge in [0.25, 0.3) is 5.91 Å². The number of nitrogens with zero attached hydrogens (tertiary/aromatic N) is 1. The molecule has 0 aliphatic heterocycles. The molecular weight excluding hydrogens is 306 g/mol. The summed E-state index contributed by atoms with van der Waals surface area (Å²) in [6.07, 6.45) is 0. The molecule has 0 unspecified atom stereocenters. The molecule has 2 aromatic heterocycles. The summed E-state index contributed by atoms with van der Waals surface area (Å²) in [5.74, 6) is 1.19. The van der Waals surface area contributed by atoms with Gasteiger partial charge < -0.3 is 13.7 Å². The third-order valence-electron chi connectivity index (χ3n) is 3.85. The Morgan fingerprint density at radius 3 is 2.54 bits per heavy atom. The van der Waals surface area contributed by atoms with Crippen LogP contribution in [0, 0.1) is 6.92 Å². The molecule has 1 amide bonds. The second-order valence-electron chi connectivity index (χ2n) is 6.01. The maximum atomic E-state index is 12.8. The molecule has 0 radical (unpaired) electrons. The van der Waals surface area contributed by atoms with Crippen molar-refractivity contribution in [3.8, 4) is 0 Å². The lowest BCUT2D eigenvalue weighted by Gasteiger charge is -2.25. The summed E-state index contributed by atoms with van der Waals surface area (Å²) in [5.41, 5.74) is 0.184. The minimum atomic E-state index is -0.332. The smallest absolute Gasteiger partial charge is 0.290 e. The number of carbonyl (C=O) groups excluding carboxylic acids is 1. The van der Waals surface area contributed by atoms with Crippen LogP contribution in [-0.4, -0.2) is 16.8 Å². The Bertz CT molecular complexity index is 936. The van der Waals surface area contributed by atoms with E-state index in [2.05, 4.69) is 0 Å². The first kappa shape index (κ1) is 16.1. The van der Waals surface area contributed by atoms with Crippen molar-refractivity contribution in [3.05, 3.63) is 70.0 Å². The predicted octanol–water partition coefficient (Wildman–Crippen LogP) is 3.75. The molecule has 1 aromatic carbocycles. The summed E-state index contributed by atoms with van der Waals surface area (Å²) in [5, 5.41) is 0.465. The summed E-state index contributed by atoms with van der Waals surface area (Å²) in [6.45, 7) is 5.99. The van der Waals surface area contributed by atoms with E-state index in [0.717, 1.165) is 5.76 Å². The number of hydrogen-bond donors (Lipinski definition) is 0. The zero-order valence-corrected chi connectivity index (χ0v) is 13.9. The molecule has 5 nitrogen and oxygen atoms in total. The van der Waals surface area contributed by atoms with Crippen molar-refractivity contribution in [1.82, 2.24) is 4.90 Å². The van der Waals surface area contributed by atoms with E-state index in [4.69, 9.17) is 8.83 Å². The van der Waals surface area contributed by atoms with Gasteiger partial charge in [-0.25, -0.2) is 0 Å². The van der Waals surface area contributed by atoms with Crippen molar-refractivity contribution in [1.29, 1.82) is 0 Å². The number of aryl methyl sites for hydroxylation is 1. The van der Waals surface area contributed by atoms with E-state index < -0.39 is 0 Å². The van der Waals surface area contributed by atoms with Crippen LogP contribution in [0.5, 0.6) is 0 Å². The van der Waals surface area contributed by atoms with Gasteiger partial charge in [-0.05, 0) is 45.0 Å². The zero-order chi connectivity index (χ0) is 17.3. The standard InChI is InChI=1S/C19H19NO4/c1-12(2)20(11-14-9-8-13(3)23-14)19(22)18-10-16(21)15-6-4-5-7-17(15)24-18/h4-10,12H,11H2,1-3H3. The fourth-order valence-electron chi connectivity index (χ4n) is 2.58. The molecule has 124 valence electrons. The van der Waals surface area contributed by atoms with Gasteiger partial charge in [-0.3, -0.25) is 9.59 Å². The highest BCUT2D eigenvalue weighted by Gasteiger charge is 2.23. The molecule has 3 aromatic rings. The average molecular weight is 325 g/mol. The maximum absolute atomic E-state index is 12.8. The number of furan rings is 1. The Hall–Kier alpha value is -2.82. The van der Waals surface area contributed by atoms with Crippen molar-refractivity contribution >= 4 is 16.9 Å². The molecule has 0 saturated heterocycles. The van der Waals surface area contributed by atoms with Gasteiger partial charge in [0, 0.05) is 12.1 Å². The Morgan fingerprint density at radius 2 is 1.88 bits per heavy atom. The number of rotatable bonds is 4. The van der Waals surface area contributed by atoms with Gasteiger partial charge in [0.05, 0.1) is 11.9 Å². The lowest BCUT2D eigenvalue weighted by atomic mass is 10.2. The van der Waals surface area contributed by atoms with Crippen molar-refractivity contribution < 1.29 is 13.6 Å². The van der Waals surface area contributed by atoms with Gasteiger partial charge in [0.15, 0.2) is 11.2 Å². The summed E-state index contributed by atoms with van der Waals surface area (Å²) in [7, 11) is 0. The van der Waals surface area contributed by atoms with Gasteiger partial charge in [-0.1, -0.05) is 12.1 Å². The molecule has 0 N–H and O–H groups in total. The first-order valence-corrected chi connectivity index (χ1v) is 7.85. The lowest BCUT2D eigenvalue weighted by molar-refractivity contribution is 0.0643. The largest absolute Gasteiger partial charge is 0.464 e. The van der Waals surface area contributed by atoms with Gasteiger partial charge in [0.1, 0.15) is 17.1 Å². The highest BCUT2D eigenvalue weighted by Crippen LogP contribution is 2.17. The highest BCUT2D eigenvalue weighted by molar-refractivity contribution is 5.93. The minimum absolute atomic E-state index is 0.0377. The number of fused-ring (bicyclic) bond motifs is 1. The SMILES string of the molecule is Cc1ccc(CN(C(=O)c2cc(=O)c3ccccc3o2)C(C)C)o1. The Kier molecular flexibility index (Phi) is 4.25. The van der Waals surface area contributed by atoms with E-state index in [9.17, 15) is 9.59 Å². The van der Waals surface area contributed by atoms with Crippen molar-refractivity contribution in [3.63, 3.8) is 0 Å². The number of amides is 1. The number of benzene rings is 1. The van der Waals surface area contributed by atoms with Crippen molar-refractivity contribution in [2.45, 2.75) is 33.4 Å². The second kappa shape index (κ2) is 6.35. The molecule has 0 aliphatic rings. The molecule has 0 fully saturated rings. The van der Waals surface area contributed by atoms with Gasteiger partial charge in [0.2, 0.25) is 0 Å². The third-order valence-corrected chi connectivity index (χ3v) is 3.85. The minimum Gasteiger partial charge on any atom is -0.464 e. The molecule has 2 heterocycles. The van der Waals surface area contributed by atoms with Crippen LogP contribution in [-0.2, 0) is 6.54 Å². The maximum Gasteiger partial charge on any atom is 0.290 e. The fraction of sp³-hybridized carbons (Fsp3) is 0.263. The Labute approximate surface area is 139 Å². The summed E-state index contributed by atoms with van der Waals surface area (Å²) < 4.78 is 11.2. The molecule has 0 aliphatic carbocycles. The number of para-hydroxylation sites is 1. The third kappa shape index (κ3) is 3.11. The number of carbonyl (C=O) groups is 1. The summed E-state index contributed by atoms with van der Waals surface area (Å²) in [4.78, 5) is 26.7. The van der Waals surface area contributed by atoms with Crippen molar-refractivity contribution in [2.24, 2.45) is 0 Å². The monoisotopic (exact) mass is 325 g/mol. The summed E-state index contributed by atoms with van der Waals surface area (Å²) >= 11 is 0. The normalized spacial score (nSPS) is 11.2. The Balaban J connectivity index is 1.97. The van der Waals surface area contributed by atoms with Crippen LogP contribution in [0.15, 0.2) is 56.1 Å². The highest BCUT2D eigenvalue weighted by atomic mass is 16.3. The van der Waals surface area contributed by atoms with E-state index in [1.807, 2.05) is 32.9 Å². The van der Waals surface area contributed by atoms with Crippen molar-refractivity contribution in [2.75, 3.05) is 0 Å². The molecule has 0 bridgehead atoms. The topological polar surface area (TPSA) is 63.7 Å². The molecule has 24 heavy (non-hydrogen) atoms. The Morgan fingerprint density at radius 1 is 1.12 bits per heavy atom. The van der Waals surface area contributed by atoms with Crippen LogP contribution in [0.1, 0.15) is 35.9 Å². The average Bonchev–Trinajstić information content (AvgIpc) is 2.97. The van der Waals surface area contributed by atoms with E-state index in [1.54, 1.807) is 29.2 Å². The molecular formula is C19H19NO4. The van der Waals surface area contributed by atoms with Gasteiger partial charge in [-0.2, -0.15) is 0 Å². The lowest BCUT2D eigenvalue weighted by Crippen LogP contribution is -2.36. The first-order valence-electron chi connectivity index (χ1n) is 7.85. The molecule has 0 saturated carbocycles. The second-order valence-corrected chi connectivity index (χ2v) is 6.01. The first-order chi connectivity index (χ1) is 11.5. The van der Waals surface area contributed by atoms with Crippen LogP contribution < -0.4 is 5.43 Å².